The second kappa shape index (κ2) is 9.33. The number of nitrogens with zero attached hydrogens (tertiary/aromatic N) is 1. The van der Waals surface area contributed by atoms with E-state index in [0.717, 1.165) is 45.4 Å². The molecule has 1 aromatic rings. The predicted molar refractivity (Wildman–Crippen MR) is 102 cm³/mol. The molecule has 2 heterocycles. The maximum atomic E-state index is 12.3. The molecule has 3 rings (SSSR count). The first-order chi connectivity index (χ1) is 13.1. The number of likely N-dealkylation sites (tertiary alicyclic amines) is 1. The Morgan fingerprint density at radius 2 is 2.00 bits per heavy atom. The molecule has 0 bridgehead atoms. The molecule has 1 atom stereocenters. The lowest BCUT2D eigenvalue weighted by molar-refractivity contribution is -0.150. The van der Waals surface area contributed by atoms with Gasteiger partial charge in [-0.2, -0.15) is 0 Å². The second-order valence-corrected chi connectivity index (χ2v) is 7.48. The third-order valence-electron chi connectivity index (χ3n) is 5.64. The van der Waals surface area contributed by atoms with Crippen molar-refractivity contribution >= 4 is 11.8 Å². The van der Waals surface area contributed by atoms with Crippen molar-refractivity contribution in [3.05, 3.63) is 35.9 Å². The molecule has 2 saturated heterocycles. The van der Waals surface area contributed by atoms with Gasteiger partial charge in [0.1, 0.15) is 6.61 Å². The van der Waals surface area contributed by atoms with E-state index in [1.807, 2.05) is 42.2 Å². The Bertz CT molecular complexity index is 626. The minimum absolute atomic E-state index is 0.0209. The highest BCUT2D eigenvalue weighted by molar-refractivity contribution is 5.94. The highest BCUT2D eigenvalue weighted by Crippen LogP contribution is 2.37. The third kappa shape index (κ3) is 5.30. The summed E-state index contributed by atoms with van der Waals surface area (Å²) in [5, 5.41) is 3.07. The Labute approximate surface area is 161 Å². The van der Waals surface area contributed by atoms with Crippen LogP contribution in [0.5, 0.6) is 0 Å². The number of rotatable bonds is 6. The minimum Gasteiger partial charge on any atom is -0.375 e. The molecule has 2 aliphatic heterocycles. The number of hydrogen-bond donors (Lipinski definition) is 1. The molecule has 1 unspecified atom stereocenters. The van der Waals surface area contributed by atoms with E-state index >= 15 is 0 Å². The third-order valence-corrected chi connectivity index (χ3v) is 5.64. The van der Waals surface area contributed by atoms with Gasteiger partial charge in [-0.05, 0) is 50.7 Å². The Hall–Kier alpha value is -1.92. The molecular weight excluding hydrogens is 344 g/mol. The van der Waals surface area contributed by atoms with Crippen LogP contribution in [0.3, 0.4) is 0 Å². The lowest BCUT2D eigenvalue weighted by Gasteiger charge is -2.46. The number of ether oxygens (including phenoxy) is 2. The van der Waals surface area contributed by atoms with Gasteiger partial charge in [0.2, 0.25) is 5.91 Å². The van der Waals surface area contributed by atoms with E-state index in [0.29, 0.717) is 24.6 Å². The van der Waals surface area contributed by atoms with Gasteiger partial charge in [0.05, 0.1) is 5.60 Å². The van der Waals surface area contributed by atoms with Crippen molar-refractivity contribution in [2.24, 2.45) is 5.92 Å². The zero-order chi connectivity index (χ0) is 19.1. The quantitative estimate of drug-likeness (QED) is 0.829. The summed E-state index contributed by atoms with van der Waals surface area (Å²) in [5.74, 6) is 0.457. The van der Waals surface area contributed by atoms with Gasteiger partial charge < -0.3 is 19.7 Å². The van der Waals surface area contributed by atoms with Gasteiger partial charge in [0.15, 0.2) is 0 Å². The minimum atomic E-state index is -0.150. The molecule has 6 heteroatoms. The van der Waals surface area contributed by atoms with Crippen LogP contribution in [0.4, 0.5) is 0 Å². The van der Waals surface area contributed by atoms with Gasteiger partial charge >= 0.3 is 0 Å². The van der Waals surface area contributed by atoms with Gasteiger partial charge in [-0.15, -0.1) is 0 Å². The van der Waals surface area contributed by atoms with E-state index in [2.05, 4.69) is 5.32 Å². The highest BCUT2D eigenvalue weighted by Gasteiger charge is 2.41. The molecule has 1 spiro atoms. The van der Waals surface area contributed by atoms with E-state index in [1.54, 1.807) is 0 Å². The van der Waals surface area contributed by atoms with Crippen LogP contribution in [0.2, 0.25) is 0 Å². The van der Waals surface area contributed by atoms with E-state index < -0.39 is 0 Å². The van der Waals surface area contributed by atoms with E-state index in [4.69, 9.17) is 9.47 Å². The van der Waals surface area contributed by atoms with E-state index in [1.165, 1.54) is 0 Å². The van der Waals surface area contributed by atoms with Gasteiger partial charge in [-0.1, -0.05) is 18.2 Å². The molecule has 2 aliphatic rings. The molecule has 148 valence electrons. The number of hydrogen-bond acceptors (Lipinski definition) is 4. The summed E-state index contributed by atoms with van der Waals surface area (Å²) in [4.78, 5) is 26.3. The number of carbonyl (C=O) groups is 2. The van der Waals surface area contributed by atoms with Crippen LogP contribution in [-0.2, 0) is 14.3 Å². The molecule has 0 aliphatic carbocycles. The van der Waals surface area contributed by atoms with Gasteiger partial charge in [0.25, 0.3) is 5.91 Å². The number of piperidine rings is 1. The normalized spacial score (nSPS) is 21.8. The molecule has 2 amide bonds. The van der Waals surface area contributed by atoms with Crippen molar-refractivity contribution in [1.82, 2.24) is 10.2 Å². The van der Waals surface area contributed by atoms with Crippen LogP contribution in [0.25, 0.3) is 0 Å². The summed E-state index contributed by atoms with van der Waals surface area (Å²) in [6.45, 7) is 5.45. The number of amides is 2. The van der Waals surface area contributed by atoms with E-state index in [9.17, 15) is 9.59 Å². The summed E-state index contributed by atoms with van der Waals surface area (Å²) < 4.78 is 11.4. The van der Waals surface area contributed by atoms with Crippen molar-refractivity contribution < 1.29 is 19.1 Å². The van der Waals surface area contributed by atoms with Crippen molar-refractivity contribution in [1.29, 1.82) is 0 Å². The van der Waals surface area contributed by atoms with Crippen LogP contribution in [-0.4, -0.2) is 61.8 Å². The van der Waals surface area contributed by atoms with Crippen LogP contribution in [0.15, 0.2) is 30.3 Å². The smallest absolute Gasteiger partial charge is 0.251 e. The Balaban J connectivity index is 1.47. The monoisotopic (exact) mass is 374 g/mol. The molecular formula is C21H30N2O4. The molecule has 0 saturated carbocycles. The lowest BCUT2D eigenvalue weighted by atomic mass is 9.79. The van der Waals surface area contributed by atoms with Crippen LogP contribution >= 0.6 is 0 Å². The molecule has 0 aromatic heterocycles. The van der Waals surface area contributed by atoms with E-state index in [-0.39, 0.29) is 24.0 Å². The summed E-state index contributed by atoms with van der Waals surface area (Å²) in [5.41, 5.74) is 0.545. The van der Waals surface area contributed by atoms with Crippen LogP contribution < -0.4 is 5.32 Å². The fourth-order valence-corrected chi connectivity index (χ4v) is 4.02. The second-order valence-electron chi connectivity index (χ2n) is 7.48. The van der Waals surface area contributed by atoms with Crippen molar-refractivity contribution in [3.8, 4) is 0 Å². The zero-order valence-electron chi connectivity index (χ0n) is 16.1. The van der Waals surface area contributed by atoms with Crippen molar-refractivity contribution in [2.45, 2.75) is 38.2 Å². The average molecular weight is 374 g/mol. The summed E-state index contributed by atoms with van der Waals surface area (Å²) in [6, 6.07) is 9.31. The predicted octanol–water partition coefficient (Wildman–Crippen LogP) is 2.24. The summed E-state index contributed by atoms with van der Waals surface area (Å²) in [7, 11) is 0. The molecule has 27 heavy (non-hydrogen) atoms. The Kier molecular flexibility index (Phi) is 6.85. The molecule has 1 N–H and O–H groups in total. The van der Waals surface area contributed by atoms with Crippen LogP contribution in [0, 0.1) is 5.92 Å². The molecule has 0 radical (unpaired) electrons. The maximum absolute atomic E-state index is 12.3. The number of nitrogens with one attached hydrogen (secondary N) is 1. The zero-order valence-corrected chi connectivity index (χ0v) is 16.1. The van der Waals surface area contributed by atoms with Crippen molar-refractivity contribution in [2.75, 3.05) is 39.5 Å². The Morgan fingerprint density at radius 3 is 2.70 bits per heavy atom. The first kappa shape index (κ1) is 19.8. The van der Waals surface area contributed by atoms with Crippen LogP contribution in [0.1, 0.15) is 43.0 Å². The van der Waals surface area contributed by atoms with Gasteiger partial charge in [-0.3, -0.25) is 9.59 Å². The van der Waals surface area contributed by atoms with Gasteiger partial charge in [0, 0.05) is 38.4 Å². The highest BCUT2D eigenvalue weighted by atomic mass is 16.5. The fraction of sp³-hybridized carbons (Fsp3) is 0.619. The standard InChI is InChI=1S/C21H30N2O4/c1-2-26-16-19(24)23-11-9-21(10-12-23)14-17(8-13-27-21)15-22-20(25)18-6-4-3-5-7-18/h3-7,17H,2,8-16H2,1H3,(H,22,25). The Morgan fingerprint density at radius 1 is 1.26 bits per heavy atom. The maximum Gasteiger partial charge on any atom is 0.251 e. The number of benzene rings is 1. The average Bonchev–Trinajstić information content (AvgIpc) is 2.71. The fourth-order valence-electron chi connectivity index (χ4n) is 4.02. The molecule has 6 nitrogen and oxygen atoms in total. The SMILES string of the molecule is CCOCC(=O)N1CCC2(CC1)CC(CNC(=O)c1ccccc1)CCO2. The first-order valence-electron chi connectivity index (χ1n) is 9.94. The summed E-state index contributed by atoms with van der Waals surface area (Å²) >= 11 is 0. The van der Waals surface area contributed by atoms with Gasteiger partial charge in [-0.25, -0.2) is 0 Å². The molecule has 2 fully saturated rings. The van der Waals surface area contributed by atoms with Crippen molar-refractivity contribution in [3.63, 3.8) is 0 Å². The lowest BCUT2D eigenvalue weighted by Crippen LogP contribution is -2.52. The molecule has 1 aromatic carbocycles. The topological polar surface area (TPSA) is 67.9 Å². The largest absolute Gasteiger partial charge is 0.375 e. The number of carbonyl (C=O) groups excluding carboxylic acids is 2. The first-order valence-corrected chi connectivity index (χ1v) is 9.94. The summed E-state index contributed by atoms with van der Waals surface area (Å²) in [6.07, 6.45) is 3.61.